The number of thioether (sulfide) groups is 1. The number of carbonyl (C=O) groups excluding carboxylic acids is 1. The predicted octanol–water partition coefficient (Wildman–Crippen LogP) is 4.99. The maximum atomic E-state index is 12.7. The number of nitrogens with zero attached hydrogens (tertiary/aromatic N) is 1. The highest BCUT2D eigenvalue weighted by Gasteiger charge is 2.18. The minimum atomic E-state index is -0.214. The van der Waals surface area contributed by atoms with Gasteiger partial charge in [-0.1, -0.05) is 6.07 Å². The largest absolute Gasteiger partial charge is 0.495 e. The van der Waals surface area contributed by atoms with Gasteiger partial charge in [0.25, 0.3) is 5.56 Å². The van der Waals surface area contributed by atoms with Crippen LogP contribution in [0.2, 0.25) is 0 Å². The molecule has 0 saturated heterocycles. The van der Waals surface area contributed by atoms with E-state index >= 15 is 0 Å². The molecule has 160 valence electrons. The van der Waals surface area contributed by atoms with Crippen LogP contribution >= 0.6 is 23.1 Å². The highest BCUT2D eigenvalue weighted by Crippen LogP contribution is 2.33. The molecule has 1 aromatic carbocycles. The molecule has 31 heavy (non-hydrogen) atoms. The molecule has 4 rings (SSSR count). The number of thiophene rings is 1. The van der Waals surface area contributed by atoms with E-state index in [2.05, 4.69) is 15.3 Å². The van der Waals surface area contributed by atoms with E-state index in [4.69, 9.17) is 9.15 Å². The zero-order chi connectivity index (χ0) is 22.0. The molecule has 7 nitrogen and oxygen atoms in total. The second-order valence-corrected chi connectivity index (χ2v) is 9.15. The summed E-state index contributed by atoms with van der Waals surface area (Å²) in [7, 11) is 1.57. The maximum absolute atomic E-state index is 12.7. The molecule has 0 fully saturated rings. The number of rotatable bonds is 7. The Bertz CT molecular complexity index is 1280. The van der Waals surface area contributed by atoms with Crippen molar-refractivity contribution in [1.29, 1.82) is 0 Å². The van der Waals surface area contributed by atoms with Crippen molar-refractivity contribution in [2.24, 2.45) is 0 Å². The number of aryl methyl sites for hydroxylation is 1. The Morgan fingerprint density at radius 1 is 1.39 bits per heavy atom. The van der Waals surface area contributed by atoms with E-state index < -0.39 is 0 Å². The lowest BCUT2D eigenvalue weighted by Crippen LogP contribution is -2.17. The maximum Gasteiger partial charge on any atom is 0.260 e. The van der Waals surface area contributed by atoms with E-state index in [1.807, 2.05) is 43.5 Å². The molecule has 0 aliphatic carbocycles. The van der Waals surface area contributed by atoms with E-state index in [-0.39, 0.29) is 22.5 Å². The Morgan fingerprint density at radius 3 is 2.97 bits per heavy atom. The lowest BCUT2D eigenvalue weighted by molar-refractivity contribution is -0.113. The molecule has 0 radical (unpaired) electrons. The van der Waals surface area contributed by atoms with Crippen LogP contribution in [0.15, 0.2) is 51.2 Å². The summed E-state index contributed by atoms with van der Waals surface area (Å²) in [6.45, 7) is 3.86. The van der Waals surface area contributed by atoms with Crippen molar-refractivity contribution in [2.45, 2.75) is 19.1 Å². The van der Waals surface area contributed by atoms with Gasteiger partial charge < -0.3 is 19.5 Å². The molecule has 0 saturated carbocycles. The molecule has 3 heterocycles. The number of H-pyrrole nitrogens is 1. The first-order valence-corrected chi connectivity index (χ1v) is 11.5. The van der Waals surface area contributed by atoms with Gasteiger partial charge in [-0.05, 0) is 43.7 Å². The predicted molar refractivity (Wildman–Crippen MR) is 125 cm³/mol. The van der Waals surface area contributed by atoms with Gasteiger partial charge in [-0.25, -0.2) is 4.98 Å². The van der Waals surface area contributed by atoms with E-state index in [1.54, 1.807) is 19.4 Å². The highest BCUT2D eigenvalue weighted by atomic mass is 32.2. The summed E-state index contributed by atoms with van der Waals surface area (Å²) >= 11 is 2.79. The van der Waals surface area contributed by atoms with Gasteiger partial charge in [0, 0.05) is 10.9 Å². The summed E-state index contributed by atoms with van der Waals surface area (Å²) in [6, 6.07) is 9.21. The van der Waals surface area contributed by atoms with Crippen LogP contribution in [0.3, 0.4) is 0 Å². The van der Waals surface area contributed by atoms with Gasteiger partial charge in [0.15, 0.2) is 0 Å². The average Bonchev–Trinajstić information content (AvgIpc) is 3.42. The number of ether oxygens (including phenoxy) is 1. The van der Waals surface area contributed by atoms with Crippen LogP contribution in [0.5, 0.6) is 5.75 Å². The Morgan fingerprint density at radius 2 is 2.23 bits per heavy atom. The molecule has 1 amide bonds. The first kappa shape index (κ1) is 21.2. The van der Waals surface area contributed by atoms with Crippen molar-refractivity contribution in [1.82, 2.24) is 9.97 Å². The van der Waals surface area contributed by atoms with Gasteiger partial charge in [0.05, 0.1) is 35.4 Å². The van der Waals surface area contributed by atoms with Crippen LogP contribution in [0, 0.1) is 6.92 Å². The van der Waals surface area contributed by atoms with E-state index in [1.165, 1.54) is 23.1 Å². The Balaban J connectivity index is 1.46. The Kier molecular flexibility index (Phi) is 6.15. The summed E-state index contributed by atoms with van der Waals surface area (Å²) in [4.78, 5) is 33.3. The minimum absolute atomic E-state index is 0.152. The number of amides is 1. The van der Waals surface area contributed by atoms with E-state index in [0.717, 1.165) is 11.1 Å². The minimum Gasteiger partial charge on any atom is -0.495 e. The first-order valence-electron chi connectivity index (χ1n) is 9.57. The van der Waals surface area contributed by atoms with Gasteiger partial charge in [0.1, 0.15) is 22.2 Å². The molecule has 0 bridgehead atoms. The van der Waals surface area contributed by atoms with Crippen molar-refractivity contribution < 1.29 is 13.9 Å². The van der Waals surface area contributed by atoms with Gasteiger partial charge in [0.2, 0.25) is 5.91 Å². The molecular weight excluding hydrogens is 434 g/mol. The third-order valence-electron chi connectivity index (χ3n) is 4.73. The van der Waals surface area contributed by atoms with Crippen molar-refractivity contribution >= 4 is 44.9 Å². The first-order chi connectivity index (χ1) is 15.0. The van der Waals surface area contributed by atoms with Gasteiger partial charge >= 0.3 is 0 Å². The monoisotopic (exact) mass is 455 g/mol. The van der Waals surface area contributed by atoms with Crippen molar-refractivity contribution in [2.75, 3.05) is 18.2 Å². The zero-order valence-electron chi connectivity index (χ0n) is 17.2. The zero-order valence-corrected chi connectivity index (χ0v) is 18.9. The molecule has 0 spiro atoms. The lowest BCUT2D eigenvalue weighted by atomic mass is 10.2. The topological polar surface area (TPSA) is 97.2 Å². The molecule has 1 atom stereocenters. The lowest BCUT2D eigenvalue weighted by Gasteiger charge is -2.13. The van der Waals surface area contributed by atoms with E-state index in [9.17, 15) is 9.59 Å². The van der Waals surface area contributed by atoms with Crippen LogP contribution < -0.4 is 15.6 Å². The molecule has 0 aliphatic heterocycles. The SMILES string of the molecule is COc1ccc(C)cc1NC(=O)CSC(C)c1nc2scc(-c3ccco3)c2c(=O)[nH]1. The number of methoxy groups -OCH3 is 1. The fourth-order valence-corrected chi connectivity index (χ4v) is 4.83. The van der Waals surface area contributed by atoms with Crippen LogP contribution in [-0.4, -0.2) is 28.7 Å². The molecule has 2 N–H and O–H groups in total. The normalized spacial score (nSPS) is 12.1. The summed E-state index contributed by atoms with van der Waals surface area (Å²) in [5.74, 6) is 1.84. The summed E-state index contributed by atoms with van der Waals surface area (Å²) in [5, 5.41) is 5.10. The second kappa shape index (κ2) is 8.99. The molecule has 4 aromatic rings. The third-order valence-corrected chi connectivity index (χ3v) is 6.75. The summed E-state index contributed by atoms with van der Waals surface area (Å²) in [6.07, 6.45) is 1.57. The quantitative estimate of drug-likeness (QED) is 0.407. The molecule has 1 unspecified atom stereocenters. The van der Waals surface area contributed by atoms with Crippen LogP contribution in [0.25, 0.3) is 21.5 Å². The Labute approximate surface area is 186 Å². The number of furan rings is 1. The number of aromatic nitrogens is 2. The molecule has 0 aliphatic rings. The summed E-state index contributed by atoms with van der Waals surface area (Å²) in [5.41, 5.74) is 2.18. The van der Waals surface area contributed by atoms with Crippen molar-refractivity contribution in [3.63, 3.8) is 0 Å². The number of carbonyl (C=O) groups is 1. The van der Waals surface area contributed by atoms with Crippen LogP contribution in [-0.2, 0) is 4.79 Å². The van der Waals surface area contributed by atoms with Crippen molar-refractivity contribution in [3.8, 4) is 17.1 Å². The van der Waals surface area contributed by atoms with Crippen LogP contribution in [0.1, 0.15) is 23.6 Å². The van der Waals surface area contributed by atoms with Gasteiger partial charge in [-0.15, -0.1) is 23.1 Å². The molecule has 3 aromatic heterocycles. The standard InChI is InChI=1S/C22H21N3O4S2/c1-12-6-7-17(28-3)15(9-12)23-18(26)11-30-13(2)20-24-21(27)19-14(10-31-22(19)25-20)16-5-4-8-29-16/h4-10,13H,11H2,1-3H3,(H,23,26)(H,24,25,27). The fourth-order valence-electron chi connectivity index (χ4n) is 3.16. The Hall–Kier alpha value is -3.04. The number of aromatic amines is 1. The van der Waals surface area contributed by atoms with Crippen molar-refractivity contribution in [3.05, 3.63) is 63.7 Å². The molecule has 9 heteroatoms. The number of nitrogens with one attached hydrogen (secondary N) is 2. The number of benzene rings is 1. The summed E-state index contributed by atoms with van der Waals surface area (Å²) < 4.78 is 10.7. The average molecular weight is 456 g/mol. The smallest absolute Gasteiger partial charge is 0.260 e. The molecular formula is C22H21N3O4S2. The number of hydrogen-bond donors (Lipinski definition) is 2. The number of anilines is 1. The third kappa shape index (κ3) is 4.52. The highest BCUT2D eigenvalue weighted by molar-refractivity contribution is 8.00. The second-order valence-electron chi connectivity index (χ2n) is 6.96. The number of hydrogen-bond acceptors (Lipinski definition) is 7. The van der Waals surface area contributed by atoms with Crippen LogP contribution in [0.4, 0.5) is 5.69 Å². The van der Waals surface area contributed by atoms with E-state index in [0.29, 0.717) is 33.2 Å². The van der Waals surface area contributed by atoms with Gasteiger partial charge in [-0.2, -0.15) is 0 Å². The van der Waals surface area contributed by atoms with Gasteiger partial charge in [-0.3, -0.25) is 9.59 Å². The fraction of sp³-hybridized carbons (Fsp3) is 0.227. The number of fused-ring (bicyclic) bond motifs is 1.